The lowest BCUT2D eigenvalue weighted by atomic mass is 10.1. The van der Waals surface area contributed by atoms with Gasteiger partial charge in [-0.2, -0.15) is 18.2 Å². The fourth-order valence-corrected chi connectivity index (χ4v) is 3.18. The van der Waals surface area contributed by atoms with Gasteiger partial charge in [0.05, 0.1) is 5.56 Å². The molecule has 0 aliphatic rings. The number of benzene rings is 1. The first-order valence-corrected chi connectivity index (χ1v) is 8.96. The van der Waals surface area contributed by atoms with Gasteiger partial charge in [-0.25, -0.2) is 13.4 Å². The van der Waals surface area contributed by atoms with Crippen LogP contribution in [0.3, 0.4) is 0 Å². The number of aromatic nitrogens is 3. The number of alkyl halides is 3. The second-order valence-corrected chi connectivity index (χ2v) is 7.46. The van der Waals surface area contributed by atoms with Crippen LogP contribution in [-0.2, 0) is 21.8 Å². The van der Waals surface area contributed by atoms with Crippen LogP contribution in [0.15, 0.2) is 52.1 Å². The molecule has 0 bridgehead atoms. The van der Waals surface area contributed by atoms with Gasteiger partial charge in [0.15, 0.2) is 5.03 Å². The third-order valence-electron chi connectivity index (χ3n) is 3.47. The van der Waals surface area contributed by atoms with Crippen LogP contribution >= 0.6 is 0 Å². The van der Waals surface area contributed by atoms with Crippen molar-refractivity contribution in [1.82, 2.24) is 15.1 Å². The molecule has 0 fully saturated rings. The van der Waals surface area contributed by atoms with Gasteiger partial charge in [0.2, 0.25) is 21.6 Å². The molecule has 0 N–H and O–H groups in total. The topological polar surface area (TPSA) is 86.0 Å². The maximum Gasteiger partial charge on any atom is 0.417 e. The zero-order valence-corrected chi connectivity index (χ0v) is 14.2. The summed E-state index contributed by atoms with van der Waals surface area (Å²) in [4.78, 5) is 7.40. The van der Waals surface area contributed by atoms with Crippen molar-refractivity contribution in [3.05, 3.63) is 59.6 Å². The van der Waals surface area contributed by atoms with Crippen molar-refractivity contribution >= 4 is 9.84 Å². The van der Waals surface area contributed by atoms with Gasteiger partial charge in [-0.3, -0.25) is 0 Å². The van der Waals surface area contributed by atoms with Crippen LogP contribution < -0.4 is 0 Å². The number of hydrogen-bond donors (Lipinski definition) is 0. The van der Waals surface area contributed by atoms with Crippen molar-refractivity contribution in [2.24, 2.45) is 0 Å². The Morgan fingerprint density at radius 1 is 1.08 bits per heavy atom. The molecule has 0 saturated carbocycles. The minimum absolute atomic E-state index is 0.178. The van der Waals surface area contributed by atoms with Crippen molar-refractivity contribution in [3.8, 4) is 11.4 Å². The molecule has 0 saturated heterocycles. The van der Waals surface area contributed by atoms with Gasteiger partial charge in [0.25, 0.3) is 0 Å². The van der Waals surface area contributed by atoms with Gasteiger partial charge >= 0.3 is 6.18 Å². The minimum Gasteiger partial charge on any atom is -0.338 e. The summed E-state index contributed by atoms with van der Waals surface area (Å²) < 4.78 is 67.1. The Balaban J connectivity index is 1.81. The molecule has 0 radical (unpaired) electrons. The SMILES string of the molecule is Cc1ccc(-c2noc(CS(=O)(=O)c3ccc(C(F)(F)F)cn3)n2)cc1. The highest BCUT2D eigenvalue weighted by Crippen LogP contribution is 2.29. The van der Waals surface area contributed by atoms with E-state index in [0.717, 1.165) is 11.6 Å². The normalized spacial score (nSPS) is 12.3. The second kappa shape index (κ2) is 6.52. The Kier molecular flexibility index (Phi) is 4.53. The van der Waals surface area contributed by atoms with Crippen LogP contribution in [0.1, 0.15) is 17.0 Å². The van der Waals surface area contributed by atoms with Gasteiger partial charge in [-0.1, -0.05) is 35.0 Å². The fraction of sp³-hybridized carbons (Fsp3) is 0.188. The molecule has 2 aromatic heterocycles. The van der Waals surface area contributed by atoms with Crippen molar-refractivity contribution < 1.29 is 26.1 Å². The molecule has 1 aromatic carbocycles. The molecular weight excluding hydrogens is 371 g/mol. The van der Waals surface area contributed by atoms with Crippen LogP contribution in [0.25, 0.3) is 11.4 Å². The molecule has 0 unspecified atom stereocenters. The molecule has 2 heterocycles. The Hall–Kier alpha value is -2.75. The lowest BCUT2D eigenvalue weighted by Crippen LogP contribution is -2.10. The molecule has 0 aliphatic heterocycles. The zero-order valence-electron chi connectivity index (χ0n) is 13.4. The second-order valence-electron chi connectivity index (χ2n) is 5.52. The summed E-state index contributed by atoms with van der Waals surface area (Å²) in [6, 6.07) is 8.66. The maximum atomic E-state index is 12.5. The van der Waals surface area contributed by atoms with E-state index in [1.54, 1.807) is 12.1 Å². The molecule has 10 heteroatoms. The molecule has 6 nitrogen and oxygen atoms in total. The lowest BCUT2D eigenvalue weighted by molar-refractivity contribution is -0.137. The number of aryl methyl sites for hydroxylation is 1. The Labute approximate surface area is 146 Å². The first kappa shape index (κ1) is 18.1. The molecule has 0 aliphatic carbocycles. The van der Waals surface area contributed by atoms with Gasteiger partial charge in [0.1, 0.15) is 5.75 Å². The van der Waals surface area contributed by atoms with E-state index in [4.69, 9.17) is 4.52 Å². The van der Waals surface area contributed by atoms with E-state index in [2.05, 4.69) is 15.1 Å². The maximum absolute atomic E-state index is 12.5. The summed E-state index contributed by atoms with van der Waals surface area (Å²) in [7, 11) is -4.03. The molecule has 0 amide bonds. The van der Waals surface area contributed by atoms with E-state index in [0.29, 0.717) is 17.8 Å². The van der Waals surface area contributed by atoms with E-state index < -0.39 is 32.4 Å². The first-order valence-electron chi connectivity index (χ1n) is 7.31. The van der Waals surface area contributed by atoms with Crippen LogP contribution in [0.4, 0.5) is 13.2 Å². The van der Waals surface area contributed by atoms with E-state index in [1.807, 2.05) is 19.1 Å². The number of rotatable bonds is 4. The number of hydrogen-bond acceptors (Lipinski definition) is 6. The summed E-state index contributed by atoms with van der Waals surface area (Å²) in [6.45, 7) is 1.91. The summed E-state index contributed by atoms with van der Waals surface area (Å²) in [5.74, 6) is -0.623. The van der Waals surface area contributed by atoms with Crippen molar-refractivity contribution in [1.29, 1.82) is 0 Å². The molecule has 0 spiro atoms. The monoisotopic (exact) mass is 383 g/mol. The molecular formula is C16H12F3N3O3S. The summed E-state index contributed by atoms with van der Waals surface area (Å²) in [5.41, 5.74) is 0.653. The highest BCUT2D eigenvalue weighted by Gasteiger charge is 2.31. The van der Waals surface area contributed by atoms with E-state index in [9.17, 15) is 21.6 Å². The van der Waals surface area contributed by atoms with Crippen molar-refractivity contribution in [2.75, 3.05) is 0 Å². The smallest absolute Gasteiger partial charge is 0.338 e. The van der Waals surface area contributed by atoms with E-state index >= 15 is 0 Å². The predicted octanol–water partition coefficient (Wildman–Crippen LogP) is 3.43. The summed E-state index contributed by atoms with van der Waals surface area (Å²) in [5, 5.41) is 3.22. The average molecular weight is 383 g/mol. The lowest BCUT2D eigenvalue weighted by Gasteiger charge is -2.06. The van der Waals surface area contributed by atoms with Crippen LogP contribution in [0.5, 0.6) is 0 Å². The standard InChI is InChI=1S/C16H12F3N3O3S/c1-10-2-4-11(5-3-10)15-21-13(25-22-15)9-26(23,24)14-7-6-12(8-20-14)16(17,18)19/h2-8H,9H2,1H3. The van der Waals surface area contributed by atoms with Crippen LogP contribution in [0.2, 0.25) is 0 Å². The van der Waals surface area contributed by atoms with Crippen LogP contribution in [0, 0.1) is 6.92 Å². The van der Waals surface area contributed by atoms with Crippen LogP contribution in [-0.4, -0.2) is 23.5 Å². The first-order chi connectivity index (χ1) is 12.1. The quantitative estimate of drug-likeness (QED) is 0.686. The number of sulfone groups is 1. The largest absolute Gasteiger partial charge is 0.417 e. The minimum atomic E-state index is -4.59. The number of pyridine rings is 1. The molecule has 26 heavy (non-hydrogen) atoms. The third-order valence-corrected chi connectivity index (χ3v) is 4.98. The fourth-order valence-electron chi connectivity index (χ4n) is 2.10. The summed E-state index contributed by atoms with van der Waals surface area (Å²) >= 11 is 0. The third kappa shape index (κ3) is 3.90. The number of halogens is 3. The van der Waals surface area contributed by atoms with Crippen molar-refractivity contribution in [2.45, 2.75) is 23.9 Å². The molecule has 136 valence electrons. The van der Waals surface area contributed by atoms with Crippen molar-refractivity contribution in [3.63, 3.8) is 0 Å². The van der Waals surface area contributed by atoms with Gasteiger partial charge < -0.3 is 4.52 Å². The van der Waals surface area contributed by atoms with Gasteiger partial charge in [-0.05, 0) is 19.1 Å². The Morgan fingerprint density at radius 2 is 1.77 bits per heavy atom. The van der Waals surface area contributed by atoms with E-state index in [-0.39, 0.29) is 11.7 Å². The van der Waals surface area contributed by atoms with Gasteiger partial charge in [0, 0.05) is 11.8 Å². The zero-order chi connectivity index (χ0) is 18.9. The predicted molar refractivity (Wildman–Crippen MR) is 84.6 cm³/mol. The summed E-state index contributed by atoms with van der Waals surface area (Å²) in [6.07, 6.45) is -4.12. The molecule has 3 aromatic rings. The molecule has 3 rings (SSSR count). The highest BCUT2D eigenvalue weighted by atomic mass is 32.2. The Morgan fingerprint density at radius 3 is 2.35 bits per heavy atom. The van der Waals surface area contributed by atoms with E-state index in [1.165, 1.54) is 0 Å². The Bertz CT molecular complexity index is 1010. The number of nitrogens with zero attached hydrogens (tertiary/aromatic N) is 3. The highest BCUT2D eigenvalue weighted by molar-refractivity contribution is 7.90. The average Bonchev–Trinajstić information content (AvgIpc) is 3.02. The molecule has 0 atom stereocenters. The van der Waals surface area contributed by atoms with Gasteiger partial charge in [-0.15, -0.1) is 0 Å².